The molecule has 1 aliphatic rings. The third-order valence-corrected chi connectivity index (χ3v) is 4.68. The second-order valence-corrected chi connectivity index (χ2v) is 6.75. The van der Waals surface area contributed by atoms with E-state index in [0.29, 0.717) is 22.1 Å². The molecule has 0 unspecified atom stereocenters. The molecule has 148 valence electrons. The number of hydrogen-bond acceptors (Lipinski definition) is 5. The lowest BCUT2D eigenvalue weighted by Crippen LogP contribution is -2.48. The summed E-state index contributed by atoms with van der Waals surface area (Å²) in [5.74, 6) is -0.0477. The average molecular weight is 404 g/mol. The Morgan fingerprint density at radius 2 is 2.07 bits per heavy atom. The molecule has 2 aromatic rings. The third kappa shape index (κ3) is 4.55. The fraction of sp³-hybridized carbons (Fsp3) is 0.300. The molecule has 2 amide bonds. The Balaban J connectivity index is 1.86. The second kappa shape index (κ2) is 8.95. The summed E-state index contributed by atoms with van der Waals surface area (Å²) in [6.45, 7) is 4.21. The highest BCUT2D eigenvalue weighted by Gasteiger charge is 2.35. The van der Waals surface area contributed by atoms with Crippen LogP contribution < -0.4 is 16.0 Å². The summed E-state index contributed by atoms with van der Waals surface area (Å²) in [5.41, 5.74) is 1.79. The standard InChI is InChI=1S/C20H22ClN3O4/c1-3-27-19(25)17-15(11-22-12(2)13-6-8-14(21)9-7-13)23-20(26)24-18(17)16-5-4-10-28-16/h4-10,12,18,22H,3,11H2,1-2H3,(H2,23,24,26)/t12-,18-/m0/s1. The number of furan rings is 1. The largest absolute Gasteiger partial charge is 0.467 e. The van der Waals surface area contributed by atoms with Crippen molar-refractivity contribution in [1.29, 1.82) is 0 Å². The maximum absolute atomic E-state index is 12.6. The number of esters is 1. The van der Waals surface area contributed by atoms with E-state index in [1.807, 2.05) is 31.2 Å². The van der Waals surface area contributed by atoms with Gasteiger partial charge in [-0.3, -0.25) is 0 Å². The van der Waals surface area contributed by atoms with Crippen LogP contribution >= 0.6 is 11.6 Å². The van der Waals surface area contributed by atoms with Crippen LogP contribution in [0.5, 0.6) is 0 Å². The van der Waals surface area contributed by atoms with Crippen molar-refractivity contribution in [2.75, 3.05) is 13.2 Å². The number of ether oxygens (including phenoxy) is 1. The molecule has 0 fully saturated rings. The zero-order valence-corrected chi connectivity index (χ0v) is 16.4. The molecule has 0 saturated heterocycles. The fourth-order valence-corrected chi connectivity index (χ4v) is 3.13. The van der Waals surface area contributed by atoms with Gasteiger partial charge in [0.25, 0.3) is 0 Å². The molecule has 1 aliphatic heterocycles. The summed E-state index contributed by atoms with van der Waals surface area (Å²) < 4.78 is 10.6. The van der Waals surface area contributed by atoms with Crippen molar-refractivity contribution in [3.63, 3.8) is 0 Å². The Labute approximate surface area is 168 Å². The third-order valence-electron chi connectivity index (χ3n) is 4.43. The van der Waals surface area contributed by atoms with Crippen LogP contribution in [-0.4, -0.2) is 25.2 Å². The molecule has 8 heteroatoms. The highest BCUT2D eigenvalue weighted by atomic mass is 35.5. The van der Waals surface area contributed by atoms with Gasteiger partial charge in [0, 0.05) is 23.3 Å². The van der Waals surface area contributed by atoms with Crippen LogP contribution in [0.15, 0.2) is 58.3 Å². The normalized spacial score (nSPS) is 17.7. The van der Waals surface area contributed by atoms with Gasteiger partial charge in [0.05, 0.1) is 18.4 Å². The van der Waals surface area contributed by atoms with Crippen molar-refractivity contribution in [2.45, 2.75) is 25.9 Å². The summed E-state index contributed by atoms with van der Waals surface area (Å²) >= 11 is 5.94. The SMILES string of the molecule is CCOC(=O)C1=C(CN[C@@H](C)c2ccc(Cl)cc2)NC(=O)N[C@H]1c1ccco1. The van der Waals surface area contributed by atoms with Gasteiger partial charge < -0.3 is 25.1 Å². The lowest BCUT2D eigenvalue weighted by atomic mass is 9.99. The molecule has 3 N–H and O–H groups in total. The monoisotopic (exact) mass is 403 g/mol. The predicted octanol–water partition coefficient (Wildman–Crippen LogP) is 3.45. The minimum atomic E-state index is -0.717. The quantitative estimate of drug-likeness (QED) is 0.616. The molecule has 0 spiro atoms. The smallest absolute Gasteiger partial charge is 0.338 e. The van der Waals surface area contributed by atoms with Gasteiger partial charge in [-0.1, -0.05) is 23.7 Å². The van der Waals surface area contributed by atoms with Crippen LogP contribution in [0.4, 0.5) is 4.79 Å². The highest BCUT2D eigenvalue weighted by Crippen LogP contribution is 2.28. The first-order valence-corrected chi connectivity index (χ1v) is 9.37. The van der Waals surface area contributed by atoms with Gasteiger partial charge in [0.15, 0.2) is 0 Å². The van der Waals surface area contributed by atoms with E-state index in [2.05, 4.69) is 16.0 Å². The van der Waals surface area contributed by atoms with Gasteiger partial charge in [-0.05, 0) is 43.7 Å². The van der Waals surface area contributed by atoms with E-state index >= 15 is 0 Å². The molecule has 1 aromatic carbocycles. The van der Waals surface area contributed by atoms with Crippen molar-refractivity contribution < 1.29 is 18.7 Å². The molecule has 2 atom stereocenters. The van der Waals surface area contributed by atoms with Crippen LogP contribution in [0, 0.1) is 0 Å². The number of benzene rings is 1. The predicted molar refractivity (Wildman–Crippen MR) is 105 cm³/mol. The highest BCUT2D eigenvalue weighted by molar-refractivity contribution is 6.30. The van der Waals surface area contributed by atoms with Gasteiger partial charge in [-0.2, -0.15) is 0 Å². The van der Waals surface area contributed by atoms with Crippen LogP contribution in [0.2, 0.25) is 5.02 Å². The second-order valence-electron chi connectivity index (χ2n) is 6.31. The van der Waals surface area contributed by atoms with E-state index in [9.17, 15) is 9.59 Å². The molecule has 28 heavy (non-hydrogen) atoms. The van der Waals surface area contributed by atoms with Crippen molar-refractivity contribution in [2.24, 2.45) is 0 Å². The molecule has 2 heterocycles. The Kier molecular flexibility index (Phi) is 6.38. The zero-order valence-electron chi connectivity index (χ0n) is 15.6. The number of nitrogens with one attached hydrogen (secondary N) is 3. The number of urea groups is 1. The Morgan fingerprint density at radius 1 is 1.32 bits per heavy atom. The zero-order chi connectivity index (χ0) is 20.1. The number of carbonyl (C=O) groups is 2. The molecule has 1 aromatic heterocycles. The van der Waals surface area contributed by atoms with E-state index in [1.165, 1.54) is 6.26 Å². The van der Waals surface area contributed by atoms with Crippen molar-refractivity contribution in [1.82, 2.24) is 16.0 Å². The van der Waals surface area contributed by atoms with Gasteiger partial charge in [-0.25, -0.2) is 9.59 Å². The summed E-state index contributed by atoms with van der Waals surface area (Å²) in [6.07, 6.45) is 1.49. The molecule has 0 radical (unpaired) electrons. The lowest BCUT2D eigenvalue weighted by molar-refractivity contribution is -0.139. The Morgan fingerprint density at radius 3 is 2.71 bits per heavy atom. The van der Waals surface area contributed by atoms with Gasteiger partial charge in [0.2, 0.25) is 0 Å². The maximum atomic E-state index is 12.6. The van der Waals surface area contributed by atoms with Crippen LogP contribution in [0.1, 0.15) is 37.3 Å². The first-order chi connectivity index (χ1) is 13.5. The summed E-state index contributed by atoms with van der Waals surface area (Å²) in [6, 6.07) is 9.73. The molecule has 0 saturated carbocycles. The van der Waals surface area contributed by atoms with Crippen LogP contribution in [-0.2, 0) is 9.53 Å². The van der Waals surface area contributed by atoms with E-state index in [-0.39, 0.29) is 19.2 Å². The van der Waals surface area contributed by atoms with E-state index in [0.717, 1.165) is 5.56 Å². The molecule has 3 rings (SSSR count). The topological polar surface area (TPSA) is 92.6 Å². The molecule has 7 nitrogen and oxygen atoms in total. The minimum absolute atomic E-state index is 0.0259. The van der Waals surface area contributed by atoms with Crippen molar-refractivity contribution in [3.05, 3.63) is 70.3 Å². The number of halogens is 1. The van der Waals surface area contributed by atoms with E-state index in [4.69, 9.17) is 20.8 Å². The van der Waals surface area contributed by atoms with Gasteiger partial charge >= 0.3 is 12.0 Å². The van der Waals surface area contributed by atoms with Crippen LogP contribution in [0.25, 0.3) is 0 Å². The summed E-state index contributed by atoms with van der Waals surface area (Å²) in [5, 5.41) is 9.42. The molecule has 0 bridgehead atoms. The van der Waals surface area contributed by atoms with Gasteiger partial charge in [-0.15, -0.1) is 0 Å². The first kappa shape index (κ1) is 20.0. The van der Waals surface area contributed by atoms with Crippen LogP contribution in [0.3, 0.4) is 0 Å². The number of rotatable bonds is 7. The van der Waals surface area contributed by atoms with Crippen molar-refractivity contribution >= 4 is 23.6 Å². The molecular weight excluding hydrogens is 382 g/mol. The fourth-order valence-electron chi connectivity index (χ4n) is 3.00. The molecule has 0 aliphatic carbocycles. The maximum Gasteiger partial charge on any atom is 0.338 e. The Hall–Kier alpha value is -2.77. The number of hydrogen-bond donors (Lipinski definition) is 3. The summed E-state index contributed by atoms with van der Waals surface area (Å²) in [7, 11) is 0. The number of carbonyl (C=O) groups excluding carboxylic acids is 2. The van der Waals surface area contributed by atoms with E-state index in [1.54, 1.807) is 19.1 Å². The van der Waals surface area contributed by atoms with E-state index < -0.39 is 18.0 Å². The van der Waals surface area contributed by atoms with Crippen molar-refractivity contribution in [3.8, 4) is 0 Å². The Bertz CT molecular complexity index is 862. The first-order valence-electron chi connectivity index (χ1n) is 8.99. The van der Waals surface area contributed by atoms with Gasteiger partial charge in [0.1, 0.15) is 11.8 Å². The minimum Gasteiger partial charge on any atom is -0.467 e. The summed E-state index contributed by atoms with van der Waals surface area (Å²) in [4.78, 5) is 24.8. The molecular formula is C20H22ClN3O4. The average Bonchev–Trinajstić information content (AvgIpc) is 3.21. The number of amides is 2. The lowest BCUT2D eigenvalue weighted by Gasteiger charge is -2.28.